The van der Waals surface area contributed by atoms with Crippen LogP contribution in [0.15, 0.2) is 36.4 Å². The van der Waals surface area contributed by atoms with Crippen LogP contribution < -0.4 is 11.1 Å². The quantitative estimate of drug-likeness (QED) is 0.846. The third-order valence-corrected chi connectivity index (χ3v) is 3.04. The number of rotatable bonds is 4. The number of pyridine rings is 1. The highest BCUT2D eigenvalue weighted by atomic mass is 19.1. The Bertz CT molecular complexity index is 644. The van der Waals surface area contributed by atoms with Gasteiger partial charge in [-0.15, -0.1) is 0 Å². The molecule has 2 aromatic rings. The van der Waals surface area contributed by atoms with Crippen LogP contribution in [-0.4, -0.2) is 18.1 Å². The number of nitrogen functional groups attached to an aromatic ring is 1. The van der Waals surface area contributed by atoms with Crippen LogP contribution in [0.3, 0.4) is 0 Å². The zero-order chi connectivity index (χ0) is 15.4. The average Bonchev–Trinajstić information content (AvgIpc) is 2.49. The number of hydrogen-bond donors (Lipinski definition) is 2. The van der Waals surface area contributed by atoms with Crippen LogP contribution in [0.5, 0.6) is 0 Å². The highest BCUT2D eigenvalue weighted by molar-refractivity contribution is 5.88. The van der Waals surface area contributed by atoms with E-state index in [0.717, 1.165) is 5.56 Å². The number of ether oxygens (including phenoxy) is 1. The number of esters is 1. The van der Waals surface area contributed by atoms with Crippen LogP contribution in [0.25, 0.3) is 0 Å². The molecule has 0 aliphatic carbocycles. The minimum atomic E-state index is -0.535. The van der Waals surface area contributed by atoms with Crippen LogP contribution in [-0.2, 0) is 4.74 Å². The van der Waals surface area contributed by atoms with Gasteiger partial charge >= 0.3 is 5.97 Å². The van der Waals surface area contributed by atoms with Gasteiger partial charge in [-0.25, -0.2) is 14.2 Å². The number of methoxy groups -OCH3 is 1. The Morgan fingerprint density at radius 1 is 1.29 bits per heavy atom. The molecule has 0 amide bonds. The number of carbonyl (C=O) groups is 1. The molecular weight excluding hydrogens is 273 g/mol. The molecule has 0 spiro atoms. The van der Waals surface area contributed by atoms with Crippen molar-refractivity contribution >= 4 is 17.5 Å². The van der Waals surface area contributed by atoms with Crippen LogP contribution in [0, 0.1) is 5.82 Å². The highest BCUT2D eigenvalue weighted by Gasteiger charge is 2.13. The molecule has 3 N–H and O–H groups in total. The summed E-state index contributed by atoms with van der Waals surface area (Å²) in [4.78, 5) is 15.6. The molecule has 0 saturated heterocycles. The fourth-order valence-corrected chi connectivity index (χ4v) is 1.84. The molecule has 1 unspecified atom stereocenters. The summed E-state index contributed by atoms with van der Waals surface area (Å²) >= 11 is 0. The fraction of sp³-hybridized carbons (Fsp3) is 0.200. The number of carbonyl (C=O) groups excluding carboxylic acids is 1. The third-order valence-electron chi connectivity index (χ3n) is 3.04. The maximum atomic E-state index is 12.9. The zero-order valence-electron chi connectivity index (χ0n) is 11.8. The van der Waals surface area contributed by atoms with Gasteiger partial charge in [-0.3, -0.25) is 0 Å². The Morgan fingerprint density at radius 2 is 1.95 bits per heavy atom. The van der Waals surface area contributed by atoms with Crippen LogP contribution in [0.2, 0.25) is 0 Å². The molecular formula is C15H16FN3O2. The number of nitrogens with two attached hydrogens (primary N) is 1. The normalized spacial score (nSPS) is 11.8. The lowest BCUT2D eigenvalue weighted by molar-refractivity contribution is 0.0594. The highest BCUT2D eigenvalue weighted by Crippen LogP contribution is 2.23. The van der Waals surface area contributed by atoms with Gasteiger partial charge in [-0.1, -0.05) is 12.1 Å². The van der Waals surface area contributed by atoms with Crippen molar-refractivity contribution in [1.29, 1.82) is 0 Å². The van der Waals surface area contributed by atoms with Crippen molar-refractivity contribution in [2.45, 2.75) is 13.0 Å². The fourth-order valence-electron chi connectivity index (χ4n) is 1.84. The summed E-state index contributed by atoms with van der Waals surface area (Å²) in [5, 5.41) is 3.10. The van der Waals surface area contributed by atoms with Crippen molar-refractivity contribution in [2.24, 2.45) is 0 Å². The second-order valence-corrected chi connectivity index (χ2v) is 4.54. The number of halogens is 1. The second kappa shape index (κ2) is 6.21. The number of hydrogen-bond acceptors (Lipinski definition) is 5. The van der Waals surface area contributed by atoms with E-state index < -0.39 is 5.97 Å². The van der Waals surface area contributed by atoms with Crippen molar-refractivity contribution in [1.82, 2.24) is 4.98 Å². The van der Waals surface area contributed by atoms with Crippen LogP contribution >= 0.6 is 0 Å². The molecule has 1 heterocycles. The van der Waals surface area contributed by atoms with Crippen molar-refractivity contribution in [3.63, 3.8) is 0 Å². The SMILES string of the molecule is COC(=O)c1ccc(N)c(NC(C)c2ccc(F)cc2)n1. The van der Waals surface area contributed by atoms with E-state index in [4.69, 9.17) is 5.73 Å². The van der Waals surface area contributed by atoms with E-state index in [-0.39, 0.29) is 17.6 Å². The van der Waals surface area contributed by atoms with E-state index in [1.165, 1.54) is 25.3 Å². The Kier molecular flexibility index (Phi) is 4.37. The summed E-state index contributed by atoms with van der Waals surface area (Å²) in [6, 6.07) is 9.05. The summed E-state index contributed by atoms with van der Waals surface area (Å²) in [7, 11) is 1.29. The number of nitrogens with zero attached hydrogens (tertiary/aromatic N) is 1. The summed E-state index contributed by atoms with van der Waals surface area (Å²) in [5.41, 5.74) is 7.30. The molecule has 5 nitrogen and oxygen atoms in total. The van der Waals surface area contributed by atoms with Gasteiger partial charge in [0.1, 0.15) is 5.82 Å². The molecule has 0 saturated carbocycles. The molecule has 0 aliphatic rings. The number of anilines is 2. The first-order valence-electron chi connectivity index (χ1n) is 6.38. The van der Waals surface area contributed by atoms with E-state index in [9.17, 15) is 9.18 Å². The Labute approximate surface area is 121 Å². The van der Waals surface area contributed by atoms with Crippen molar-refractivity contribution in [3.05, 3.63) is 53.5 Å². The Hall–Kier alpha value is -2.63. The minimum absolute atomic E-state index is 0.145. The van der Waals surface area contributed by atoms with E-state index in [0.29, 0.717) is 11.5 Å². The lowest BCUT2D eigenvalue weighted by Gasteiger charge is -2.16. The van der Waals surface area contributed by atoms with E-state index >= 15 is 0 Å². The van der Waals surface area contributed by atoms with E-state index in [1.54, 1.807) is 18.2 Å². The van der Waals surface area contributed by atoms with Gasteiger partial charge in [0, 0.05) is 0 Å². The molecule has 0 bridgehead atoms. The minimum Gasteiger partial charge on any atom is -0.464 e. The first kappa shape index (κ1) is 14.8. The topological polar surface area (TPSA) is 77.2 Å². The molecule has 6 heteroatoms. The standard InChI is InChI=1S/C15H16FN3O2/c1-9(10-3-5-11(16)6-4-10)18-14-12(17)7-8-13(19-14)15(20)21-2/h3-9H,17H2,1-2H3,(H,18,19). The molecule has 2 rings (SSSR count). The summed E-state index contributed by atoms with van der Waals surface area (Å²) in [6.45, 7) is 1.89. The zero-order valence-corrected chi connectivity index (χ0v) is 11.8. The van der Waals surface area contributed by atoms with Gasteiger partial charge < -0.3 is 15.8 Å². The van der Waals surface area contributed by atoms with Gasteiger partial charge in [0.05, 0.1) is 18.8 Å². The number of nitrogens with one attached hydrogen (secondary N) is 1. The molecule has 0 fully saturated rings. The maximum Gasteiger partial charge on any atom is 0.356 e. The maximum absolute atomic E-state index is 12.9. The lowest BCUT2D eigenvalue weighted by atomic mass is 10.1. The predicted molar refractivity (Wildman–Crippen MR) is 78.4 cm³/mol. The molecule has 1 aromatic carbocycles. The van der Waals surface area contributed by atoms with Crippen LogP contribution in [0.1, 0.15) is 29.0 Å². The number of benzene rings is 1. The van der Waals surface area contributed by atoms with Crippen molar-refractivity contribution in [2.75, 3.05) is 18.2 Å². The first-order valence-corrected chi connectivity index (χ1v) is 6.38. The Balaban J connectivity index is 2.22. The summed E-state index contributed by atoms with van der Waals surface area (Å²) in [5.74, 6) is -0.446. The molecule has 21 heavy (non-hydrogen) atoms. The van der Waals surface area contributed by atoms with Gasteiger partial charge in [-0.2, -0.15) is 0 Å². The molecule has 1 aromatic heterocycles. The molecule has 1 atom stereocenters. The van der Waals surface area contributed by atoms with E-state index in [2.05, 4.69) is 15.0 Å². The lowest BCUT2D eigenvalue weighted by Crippen LogP contribution is -2.13. The van der Waals surface area contributed by atoms with Crippen LogP contribution in [0.4, 0.5) is 15.9 Å². The summed E-state index contributed by atoms with van der Waals surface area (Å²) < 4.78 is 17.5. The molecule has 0 aliphatic heterocycles. The molecule has 0 radical (unpaired) electrons. The third kappa shape index (κ3) is 3.47. The first-order chi connectivity index (χ1) is 10.0. The average molecular weight is 289 g/mol. The Morgan fingerprint density at radius 3 is 2.57 bits per heavy atom. The van der Waals surface area contributed by atoms with Crippen molar-refractivity contribution < 1.29 is 13.9 Å². The predicted octanol–water partition coefficient (Wildman–Crippen LogP) is 2.76. The van der Waals surface area contributed by atoms with E-state index in [1.807, 2.05) is 6.92 Å². The molecule has 110 valence electrons. The van der Waals surface area contributed by atoms with Gasteiger partial charge in [0.2, 0.25) is 0 Å². The largest absolute Gasteiger partial charge is 0.464 e. The summed E-state index contributed by atoms with van der Waals surface area (Å²) in [6.07, 6.45) is 0. The smallest absolute Gasteiger partial charge is 0.356 e. The van der Waals surface area contributed by atoms with Gasteiger partial charge in [0.15, 0.2) is 11.5 Å². The second-order valence-electron chi connectivity index (χ2n) is 4.54. The van der Waals surface area contributed by atoms with Gasteiger partial charge in [-0.05, 0) is 36.8 Å². The number of aromatic nitrogens is 1. The monoisotopic (exact) mass is 289 g/mol. The van der Waals surface area contributed by atoms with Gasteiger partial charge in [0.25, 0.3) is 0 Å². The van der Waals surface area contributed by atoms with Crippen molar-refractivity contribution in [3.8, 4) is 0 Å².